The van der Waals surface area contributed by atoms with Crippen molar-refractivity contribution in [1.82, 2.24) is 4.31 Å². The molecule has 2 heterocycles. The van der Waals surface area contributed by atoms with Gasteiger partial charge in [0, 0.05) is 5.56 Å². The predicted molar refractivity (Wildman–Crippen MR) is 124 cm³/mol. The normalized spacial score (nSPS) is 26.3. The number of rotatable bonds is 4. The molecule has 5 rings (SSSR count). The van der Waals surface area contributed by atoms with E-state index in [2.05, 4.69) is 6.58 Å². The number of ether oxygens (including phenoxy) is 1. The predicted octanol–water partition coefficient (Wildman–Crippen LogP) is 4.91. The van der Waals surface area contributed by atoms with Crippen molar-refractivity contribution in [2.45, 2.75) is 18.2 Å². The highest BCUT2D eigenvalue weighted by Gasteiger charge is 2.65. The number of hydrogen-bond acceptors (Lipinski definition) is 4. The van der Waals surface area contributed by atoms with E-state index < -0.39 is 21.6 Å². The quantitative estimate of drug-likeness (QED) is 0.536. The summed E-state index contributed by atoms with van der Waals surface area (Å²) in [7, 11) is -4.23. The standard InChI is InChI=1S/C26H23NO4S/c1-3-25(22-13-5-4-6-14-22)19-30-26(18-17-21-12-8-7-11-20(21)2)23-15-9-10-16-24(23)31-32(28,29)27(25)26/h3-18H,1,19H2,2H3/b18-17+/t25-,26+/m1/s1. The van der Waals surface area contributed by atoms with Gasteiger partial charge in [0.2, 0.25) is 0 Å². The molecule has 0 aromatic heterocycles. The smallest absolute Gasteiger partial charge is 0.370 e. The molecule has 0 spiro atoms. The molecule has 0 N–H and O–H groups in total. The van der Waals surface area contributed by atoms with Crippen LogP contribution in [-0.2, 0) is 26.3 Å². The van der Waals surface area contributed by atoms with E-state index in [0.29, 0.717) is 5.56 Å². The van der Waals surface area contributed by atoms with E-state index >= 15 is 0 Å². The van der Waals surface area contributed by atoms with Gasteiger partial charge < -0.3 is 8.92 Å². The molecule has 6 heteroatoms. The third kappa shape index (κ3) is 2.95. The zero-order valence-corrected chi connectivity index (χ0v) is 18.5. The molecule has 0 radical (unpaired) electrons. The fraction of sp³-hybridized carbons (Fsp3) is 0.154. The molecular weight excluding hydrogens is 422 g/mol. The monoisotopic (exact) mass is 445 g/mol. The van der Waals surface area contributed by atoms with E-state index in [-0.39, 0.29) is 12.4 Å². The minimum absolute atomic E-state index is 0.0928. The summed E-state index contributed by atoms with van der Waals surface area (Å²) in [6.07, 6.45) is 5.34. The molecule has 0 amide bonds. The molecule has 3 aromatic carbocycles. The maximum absolute atomic E-state index is 13.6. The third-order valence-corrected chi connectivity index (χ3v) is 7.59. The zero-order valence-electron chi connectivity index (χ0n) is 17.6. The number of hydrogen-bond donors (Lipinski definition) is 0. The van der Waals surface area contributed by atoms with Crippen molar-refractivity contribution < 1.29 is 17.3 Å². The van der Waals surface area contributed by atoms with Gasteiger partial charge in [0.1, 0.15) is 5.54 Å². The lowest BCUT2D eigenvalue weighted by atomic mass is 9.89. The lowest BCUT2D eigenvalue weighted by Crippen LogP contribution is -2.56. The highest BCUT2D eigenvalue weighted by molar-refractivity contribution is 7.84. The van der Waals surface area contributed by atoms with E-state index in [1.54, 1.807) is 18.2 Å². The van der Waals surface area contributed by atoms with Gasteiger partial charge in [-0.3, -0.25) is 0 Å². The average Bonchev–Trinajstić information content (AvgIpc) is 3.17. The van der Waals surface area contributed by atoms with Crippen LogP contribution in [0.3, 0.4) is 0 Å². The van der Waals surface area contributed by atoms with Gasteiger partial charge in [0.05, 0.1) is 6.61 Å². The van der Waals surface area contributed by atoms with Crippen molar-refractivity contribution in [3.05, 3.63) is 120 Å². The highest BCUT2D eigenvalue weighted by atomic mass is 32.2. The van der Waals surface area contributed by atoms with Crippen LogP contribution in [0.4, 0.5) is 0 Å². The van der Waals surface area contributed by atoms with Gasteiger partial charge in [-0.1, -0.05) is 84.9 Å². The summed E-state index contributed by atoms with van der Waals surface area (Å²) >= 11 is 0. The lowest BCUT2D eigenvalue weighted by Gasteiger charge is -2.43. The SMILES string of the molecule is C=C[C@]1(c2ccccc2)CO[C@@]2(/C=C/c3ccccc3C)c3ccccc3OS(=O)(=O)N21. The summed E-state index contributed by atoms with van der Waals surface area (Å²) in [6, 6.07) is 24.4. The van der Waals surface area contributed by atoms with Gasteiger partial charge in [-0.15, -0.1) is 10.9 Å². The van der Waals surface area contributed by atoms with Crippen molar-refractivity contribution in [2.24, 2.45) is 0 Å². The number of benzene rings is 3. The fourth-order valence-electron chi connectivity index (χ4n) is 4.54. The Bertz CT molecular complexity index is 1320. The molecule has 0 unspecified atom stereocenters. The minimum Gasteiger partial charge on any atom is -0.370 e. The van der Waals surface area contributed by atoms with Gasteiger partial charge in [0.15, 0.2) is 11.5 Å². The van der Waals surface area contributed by atoms with Crippen LogP contribution in [0.1, 0.15) is 22.3 Å². The van der Waals surface area contributed by atoms with Crippen molar-refractivity contribution >= 4 is 16.4 Å². The van der Waals surface area contributed by atoms with Crippen LogP contribution in [0.2, 0.25) is 0 Å². The highest BCUT2D eigenvalue weighted by Crippen LogP contribution is 2.55. The molecular formula is C26H23NO4S. The molecule has 3 aromatic rings. The summed E-state index contributed by atoms with van der Waals surface area (Å²) in [4.78, 5) is 0. The van der Waals surface area contributed by atoms with Crippen LogP contribution in [0.15, 0.2) is 97.6 Å². The molecule has 0 bridgehead atoms. The molecule has 2 aliphatic heterocycles. The molecule has 2 atom stereocenters. The largest absolute Gasteiger partial charge is 0.389 e. The van der Waals surface area contributed by atoms with Gasteiger partial charge >= 0.3 is 10.3 Å². The van der Waals surface area contributed by atoms with Crippen molar-refractivity contribution in [1.29, 1.82) is 0 Å². The Morgan fingerprint density at radius 2 is 1.66 bits per heavy atom. The maximum atomic E-state index is 13.6. The minimum atomic E-state index is -4.23. The molecule has 1 saturated heterocycles. The Kier molecular flexibility index (Phi) is 4.82. The first-order chi connectivity index (χ1) is 15.4. The van der Waals surface area contributed by atoms with E-state index in [9.17, 15) is 8.42 Å². The number of nitrogens with zero attached hydrogens (tertiary/aromatic N) is 1. The molecule has 0 aliphatic carbocycles. The zero-order chi connectivity index (χ0) is 22.4. The van der Waals surface area contributed by atoms with Crippen LogP contribution in [0.25, 0.3) is 6.08 Å². The van der Waals surface area contributed by atoms with Gasteiger partial charge in [-0.05, 0) is 35.8 Å². The third-order valence-electron chi connectivity index (χ3n) is 6.16. The number of aryl methyl sites for hydroxylation is 1. The Morgan fingerprint density at radius 3 is 2.41 bits per heavy atom. The fourth-order valence-corrected chi connectivity index (χ4v) is 6.16. The van der Waals surface area contributed by atoms with Gasteiger partial charge in [-0.25, -0.2) is 0 Å². The Hall–Kier alpha value is -3.19. The molecule has 32 heavy (non-hydrogen) atoms. The van der Waals surface area contributed by atoms with Crippen molar-refractivity contribution in [2.75, 3.05) is 6.61 Å². The van der Waals surface area contributed by atoms with Crippen LogP contribution in [0, 0.1) is 6.92 Å². The van der Waals surface area contributed by atoms with Gasteiger partial charge in [0.25, 0.3) is 0 Å². The topological polar surface area (TPSA) is 55.8 Å². The van der Waals surface area contributed by atoms with Crippen molar-refractivity contribution in [3.63, 3.8) is 0 Å². The molecule has 2 aliphatic rings. The van der Waals surface area contributed by atoms with E-state index in [0.717, 1.165) is 16.7 Å². The van der Waals surface area contributed by atoms with E-state index in [1.807, 2.05) is 85.8 Å². The lowest BCUT2D eigenvalue weighted by molar-refractivity contribution is -0.0206. The Morgan fingerprint density at radius 1 is 0.969 bits per heavy atom. The Labute approximate surface area is 188 Å². The van der Waals surface area contributed by atoms with Gasteiger partial charge in [-0.2, -0.15) is 8.42 Å². The first-order valence-electron chi connectivity index (χ1n) is 10.4. The summed E-state index contributed by atoms with van der Waals surface area (Å²) in [5.41, 5.74) is 0.907. The van der Waals surface area contributed by atoms with E-state index in [1.165, 1.54) is 4.31 Å². The second-order valence-corrected chi connectivity index (χ2v) is 9.36. The second-order valence-electron chi connectivity index (χ2n) is 7.97. The first kappa shape index (κ1) is 20.7. The van der Waals surface area contributed by atoms with Crippen LogP contribution in [0.5, 0.6) is 5.75 Å². The molecule has 1 fully saturated rings. The molecule has 5 nitrogen and oxygen atoms in total. The summed E-state index contributed by atoms with van der Waals surface area (Å²) in [5, 5.41) is 0. The van der Waals surface area contributed by atoms with Crippen LogP contribution >= 0.6 is 0 Å². The van der Waals surface area contributed by atoms with Crippen LogP contribution in [-0.4, -0.2) is 19.3 Å². The Balaban J connectivity index is 1.78. The summed E-state index contributed by atoms with van der Waals surface area (Å²) in [5.74, 6) is 0.256. The van der Waals surface area contributed by atoms with Crippen LogP contribution < -0.4 is 4.18 Å². The molecule has 0 saturated carbocycles. The summed E-state index contributed by atoms with van der Waals surface area (Å²) < 4.78 is 40.5. The van der Waals surface area contributed by atoms with E-state index in [4.69, 9.17) is 8.92 Å². The maximum Gasteiger partial charge on any atom is 0.389 e. The number of fused-ring (bicyclic) bond motifs is 3. The molecule has 162 valence electrons. The average molecular weight is 446 g/mol. The summed E-state index contributed by atoms with van der Waals surface area (Å²) in [6.45, 7) is 6.11. The second kappa shape index (κ2) is 7.45. The first-order valence-corrected chi connectivity index (χ1v) is 11.7. The van der Waals surface area contributed by atoms with Crippen molar-refractivity contribution in [3.8, 4) is 5.75 Å². The number of para-hydroxylation sites is 1.